The number of esters is 1. The number of benzene rings is 2. The van der Waals surface area contributed by atoms with Gasteiger partial charge in [0.2, 0.25) is 0 Å². The summed E-state index contributed by atoms with van der Waals surface area (Å²) in [6.45, 7) is 1.59. The molecule has 2 atom stereocenters. The van der Waals surface area contributed by atoms with Crippen molar-refractivity contribution in [2.45, 2.75) is 38.1 Å². The molecule has 4 rings (SSSR count). The van der Waals surface area contributed by atoms with Crippen LogP contribution >= 0.6 is 15.9 Å². The highest BCUT2D eigenvalue weighted by Crippen LogP contribution is 2.38. The van der Waals surface area contributed by atoms with Gasteiger partial charge >= 0.3 is 12.0 Å². The molecule has 1 saturated carbocycles. The molecule has 0 aromatic heterocycles. The van der Waals surface area contributed by atoms with Crippen molar-refractivity contribution in [3.05, 3.63) is 40.9 Å². The zero-order chi connectivity index (χ0) is 19.9. The number of imide groups is 1. The monoisotopic (exact) mass is 444 g/mol. The highest BCUT2D eigenvalue weighted by Gasteiger charge is 2.55. The smallest absolute Gasteiger partial charge is 0.331 e. The normalized spacial score (nSPS) is 24.6. The third kappa shape index (κ3) is 3.28. The molecule has 1 aliphatic carbocycles. The van der Waals surface area contributed by atoms with E-state index in [4.69, 9.17) is 4.74 Å². The summed E-state index contributed by atoms with van der Waals surface area (Å²) < 4.78 is 6.36. The van der Waals surface area contributed by atoms with Crippen LogP contribution in [-0.2, 0) is 9.59 Å². The van der Waals surface area contributed by atoms with Crippen LogP contribution in [0.3, 0.4) is 0 Å². The summed E-state index contributed by atoms with van der Waals surface area (Å²) in [5.41, 5.74) is -0.869. The Morgan fingerprint density at radius 2 is 1.96 bits per heavy atom. The third-order valence-electron chi connectivity index (χ3n) is 5.79. The van der Waals surface area contributed by atoms with E-state index in [1.54, 1.807) is 12.1 Å². The van der Waals surface area contributed by atoms with Crippen LogP contribution in [-0.4, -0.2) is 34.9 Å². The molecule has 28 heavy (non-hydrogen) atoms. The molecule has 1 heterocycles. The minimum atomic E-state index is -0.869. The van der Waals surface area contributed by atoms with Gasteiger partial charge in [0, 0.05) is 4.47 Å². The van der Waals surface area contributed by atoms with Crippen molar-refractivity contribution in [3.8, 4) is 5.75 Å². The van der Waals surface area contributed by atoms with Crippen molar-refractivity contribution in [1.82, 2.24) is 10.2 Å². The Kier molecular flexibility index (Phi) is 4.87. The predicted octanol–water partition coefficient (Wildman–Crippen LogP) is 4.01. The minimum absolute atomic E-state index is 0.0542. The van der Waals surface area contributed by atoms with E-state index >= 15 is 0 Å². The van der Waals surface area contributed by atoms with Gasteiger partial charge in [-0.1, -0.05) is 47.8 Å². The van der Waals surface area contributed by atoms with Crippen LogP contribution in [0.1, 0.15) is 32.6 Å². The fraction of sp³-hybridized carbons (Fsp3) is 0.381. The second-order valence-corrected chi connectivity index (χ2v) is 8.48. The van der Waals surface area contributed by atoms with Gasteiger partial charge in [0.1, 0.15) is 17.8 Å². The van der Waals surface area contributed by atoms with E-state index in [0.29, 0.717) is 12.2 Å². The second kappa shape index (κ2) is 7.20. The number of hydrogen-bond acceptors (Lipinski definition) is 4. The average Bonchev–Trinajstić information content (AvgIpc) is 2.89. The third-order valence-corrected chi connectivity index (χ3v) is 6.29. The van der Waals surface area contributed by atoms with Gasteiger partial charge in [-0.2, -0.15) is 0 Å². The maximum Gasteiger partial charge on any atom is 0.331 e. The number of carbonyl (C=O) groups is 3. The van der Waals surface area contributed by atoms with Crippen LogP contribution in [0.25, 0.3) is 10.8 Å². The number of halogens is 1. The highest BCUT2D eigenvalue weighted by molar-refractivity contribution is 9.10. The first-order chi connectivity index (χ1) is 13.4. The number of nitrogens with one attached hydrogen (secondary N) is 1. The van der Waals surface area contributed by atoms with E-state index in [9.17, 15) is 14.4 Å². The summed E-state index contributed by atoms with van der Waals surface area (Å²) in [6, 6.07) is 10.6. The number of rotatable bonds is 3. The molecule has 1 saturated heterocycles. The van der Waals surface area contributed by atoms with Gasteiger partial charge in [0.15, 0.2) is 0 Å². The van der Waals surface area contributed by atoms with Crippen molar-refractivity contribution in [1.29, 1.82) is 0 Å². The second-order valence-electron chi connectivity index (χ2n) is 7.57. The number of urea groups is 1. The lowest BCUT2D eigenvalue weighted by molar-refractivity contribution is -0.142. The first-order valence-corrected chi connectivity index (χ1v) is 10.2. The largest absolute Gasteiger partial charge is 0.425 e. The standard InChI is InChI=1S/C21H21BrN2O4/c1-13-4-2-3-9-21(13)19(26)24(20(27)23-21)12-18(25)28-17-8-6-14-10-16(22)7-5-15(14)11-17/h5-8,10-11,13H,2-4,9,12H2,1H3,(H,23,27). The summed E-state index contributed by atoms with van der Waals surface area (Å²) in [6.07, 6.45) is 3.44. The van der Waals surface area contributed by atoms with E-state index in [0.717, 1.165) is 39.4 Å². The Balaban J connectivity index is 1.47. The number of amides is 3. The lowest BCUT2D eigenvalue weighted by Crippen LogP contribution is -2.54. The molecular formula is C21H21BrN2O4. The number of nitrogens with zero attached hydrogens (tertiary/aromatic N) is 1. The Morgan fingerprint density at radius 1 is 1.21 bits per heavy atom. The van der Waals surface area contributed by atoms with Gasteiger partial charge in [-0.3, -0.25) is 9.69 Å². The predicted molar refractivity (Wildman–Crippen MR) is 108 cm³/mol. The van der Waals surface area contributed by atoms with E-state index in [1.807, 2.05) is 31.2 Å². The molecule has 2 unspecified atom stereocenters. The van der Waals surface area contributed by atoms with Crippen molar-refractivity contribution in [3.63, 3.8) is 0 Å². The molecule has 2 aromatic carbocycles. The first kappa shape index (κ1) is 18.9. The van der Waals surface area contributed by atoms with Crippen LogP contribution < -0.4 is 10.1 Å². The lowest BCUT2D eigenvalue weighted by atomic mass is 9.73. The van der Waals surface area contributed by atoms with Gasteiger partial charge in [-0.05, 0) is 53.8 Å². The van der Waals surface area contributed by atoms with Crippen LogP contribution in [0.2, 0.25) is 0 Å². The molecule has 2 aromatic rings. The topological polar surface area (TPSA) is 75.7 Å². The molecule has 2 aliphatic rings. The zero-order valence-corrected chi connectivity index (χ0v) is 17.1. The van der Waals surface area contributed by atoms with Crippen LogP contribution in [0.4, 0.5) is 4.79 Å². The fourth-order valence-corrected chi connectivity index (χ4v) is 4.57. The number of hydrogen-bond donors (Lipinski definition) is 1. The molecular weight excluding hydrogens is 424 g/mol. The molecule has 146 valence electrons. The van der Waals surface area contributed by atoms with E-state index in [-0.39, 0.29) is 11.8 Å². The Hall–Kier alpha value is -2.41. The van der Waals surface area contributed by atoms with E-state index in [2.05, 4.69) is 21.2 Å². The minimum Gasteiger partial charge on any atom is -0.425 e. The molecule has 0 bridgehead atoms. The van der Waals surface area contributed by atoms with Crippen molar-refractivity contribution >= 4 is 44.6 Å². The van der Waals surface area contributed by atoms with Crippen molar-refractivity contribution in [2.75, 3.05) is 6.54 Å². The summed E-state index contributed by atoms with van der Waals surface area (Å²) in [5, 5.41) is 4.78. The van der Waals surface area contributed by atoms with Crippen LogP contribution in [0.5, 0.6) is 5.75 Å². The van der Waals surface area contributed by atoms with Gasteiger partial charge < -0.3 is 10.1 Å². The molecule has 0 radical (unpaired) electrons. The summed E-state index contributed by atoms with van der Waals surface area (Å²) in [7, 11) is 0. The maximum absolute atomic E-state index is 12.9. The molecule has 1 aliphatic heterocycles. The summed E-state index contributed by atoms with van der Waals surface area (Å²) in [5.74, 6) is -0.517. The van der Waals surface area contributed by atoms with Gasteiger partial charge in [-0.25, -0.2) is 9.59 Å². The van der Waals surface area contributed by atoms with E-state index in [1.165, 1.54) is 0 Å². The van der Waals surface area contributed by atoms with Crippen molar-refractivity contribution < 1.29 is 19.1 Å². The lowest BCUT2D eigenvalue weighted by Gasteiger charge is -2.36. The van der Waals surface area contributed by atoms with Gasteiger partial charge in [0.05, 0.1) is 0 Å². The Labute approximate surface area is 171 Å². The molecule has 1 spiro atoms. The van der Waals surface area contributed by atoms with Crippen LogP contribution in [0, 0.1) is 5.92 Å². The molecule has 6 nitrogen and oxygen atoms in total. The number of fused-ring (bicyclic) bond motifs is 1. The molecule has 7 heteroatoms. The fourth-order valence-electron chi connectivity index (χ4n) is 4.19. The quantitative estimate of drug-likeness (QED) is 0.440. The van der Waals surface area contributed by atoms with Gasteiger partial charge in [0.25, 0.3) is 5.91 Å². The first-order valence-electron chi connectivity index (χ1n) is 9.43. The zero-order valence-electron chi connectivity index (χ0n) is 15.5. The molecule has 1 N–H and O–H groups in total. The Bertz CT molecular complexity index is 976. The van der Waals surface area contributed by atoms with Crippen LogP contribution in [0.15, 0.2) is 40.9 Å². The highest BCUT2D eigenvalue weighted by atomic mass is 79.9. The number of carbonyl (C=O) groups excluding carboxylic acids is 3. The van der Waals surface area contributed by atoms with Crippen molar-refractivity contribution in [2.24, 2.45) is 5.92 Å². The summed E-state index contributed by atoms with van der Waals surface area (Å²) in [4.78, 5) is 38.7. The molecule has 3 amide bonds. The SMILES string of the molecule is CC1CCCCC12NC(=O)N(CC(=O)Oc1ccc3cc(Br)ccc3c1)C2=O. The maximum atomic E-state index is 12.9. The average molecular weight is 445 g/mol. The van der Waals surface area contributed by atoms with Gasteiger partial charge in [-0.15, -0.1) is 0 Å². The molecule has 2 fully saturated rings. The summed E-state index contributed by atoms with van der Waals surface area (Å²) >= 11 is 3.43. The van der Waals surface area contributed by atoms with E-state index < -0.39 is 24.1 Å². The number of ether oxygens (including phenoxy) is 1. The Morgan fingerprint density at radius 3 is 2.75 bits per heavy atom.